The molecule has 0 aromatic heterocycles. The zero-order chi connectivity index (χ0) is 13.4. The van der Waals surface area contributed by atoms with Crippen molar-refractivity contribution >= 4 is 0 Å². The maximum Gasteiger partial charge on any atom is 0.159 e. The van der Waals surface area contributed by atoms with Crippen LogP contribution in [0.3, 0.4) is 0 Å². The van der Waals surface area contributed by atoms with E-state index in [0.717, 1.165) is 24.0 Å². The predicted molar refractivity (Wildman–Crippen MR) is 68.6 cm³/mol. The van der Waals surface area contributed by atoms with Crippen molar-refractivity contribution in [1.82, 2.24) is 5.32 Å². The van der Waals surface area contributed by atoms with Crippen molar-refractivity contribution in [2.24, 2.45) is 11.8 Å². The van der Waals surface area contributed by atoms with E-state index in [1.54, 1.807) is 0 Å². The van der Waals surface area contributed by atoms with Gasteiger partial charge in [-0.25, -0.2) is 8.78 Å². The number of aliphatic hydroxyl groups is 1. The van der Waals surface area contributed by atoms with Gasteiger partial charge in [0.15, 0.2) is 11.6 Å². The first-order valence-corrected chi connectivity index (χ1v) is 7.01. The minimum atomic E-state index is -0.905. The Hall–Kier alpha value is -1.00. The molecule has 2 saturated carbocycles. The maximum absolute atomic E-state index is 13.1. The minimum absolute atomic E-state index is 0.405. The fourth-order valence-corrected chi connectivity index (χ4v) is 2.71. The Morgan fingerprint density at radius 2 is 1.74 bits per heavy atom. The summed E-state index contributed by atoms with van der Waals surface area (Å²) in [5, 5.41) is 13.4. The van der Waals surface area contributed by atoms with Gasteiger partial charge in [-0.15, -0.1) is 0 Å². The van der Waals surface area contributed by atoms with Crippen LogP contribution in [0.5, 0.6) is 0 Å². The van der Waals surface area contributed by atoms with Crippen LogP contribution >= 0.6 is 0 Å². The smallest absolute Gasteiger partial charge is 0.159 e. The lowest BCUT2D eigenvalue weighted by Crippen LogP contribution is -2.36. The summed E-state index contributed by atoms with van der Waals surface area (Å²) in [7, 11) is 0. The highest BCUT2D eigenvalue weighted by Crippen LogP contribution is 2.44. The van der Waals surface area contributed by atoms with Gasteiger partial charge in [0.1, 0.15) is 0 Å². The molecule has 2 aliphatic rings. The molecule has 4 heteroatoms. The van der Waals surface area contributed by atoms with Crippen molar-refractivity contribution < 1.29 is 13.9 Å². The summed E-state index contributed by atoms with van der Waals surface area (Å²) in [6.07, 6.45) is 4.31. The molecule has 0 aliphatic heterocycles. The highest BCUT2D eigenvalue weighted by molar-refractivity contribution is 5.20. The Balaban J connectivity index is 1.57. The molecular weight excluding hydrogens is 248 g/mol. The molecule has 2 N–H and O–H groups in total. The molecule has 0 amide bonds. The quantitative estimate of drug-likeness (QED) is 0.830. The van der Waals surface area contributed by atoms with Gasteiger partial charge in [-0.1, -0.05) is 6.07 Å². The normalized spacial score (nSPS) is 20.8. The Labute approximate surface area is 111 Å². The summed E-state index contributed by atoms with van der Waals surface area (Å²) in [5.74, 6) is -0.274. The van der Waals surface area contributed by atoms with Gasteiger partial charge in [-0.2, -0.15) is 0 Å². The van der Waals surface area contributed by atoms with Crippen molar-refractivity contribution in [3.63, 3.8) is 0 Å². The predicted octanol–water partition coefficient (Wildman–Crippen LogP) is 2.78. The molecule has 2 fully saturated rings. The molecule has 3 rings (SSSR count). The van der Waals surface area contributed by atoms with E-state index in [0.29, 0.717) is 18.2 Å². The number of rotatable bonds is 6. The lowest BCUT2D eigenvalue weighted by atomic mass is 10.1. The van der Waals surface area contributed by atoms with Crippen LogP contribution < -0.4 is 5.32 Å². The Morgan fingerprint density at radius 3 is 2.26 bits per heavy atom. The van der Waals surface area contributed by atoms with E-state index in [9.17, 15) is 13.9 Å². The standard InChI is InChI=1S/C15H19F2NO/c16-12-6-5-11(7-13(12)17)14(19)8-18-15(9-1-2-9)10-3-4-10/h5-7,9-10,14-15,18-19H,1-4,8H2. The summed E-state index contributed by atoms with van der Waals surface area (Å²) in [4.78, 5) is 0. The zero-order valence-electron chi connectivity index (χ0n) is 10.8. The summed E-state index contributed by atoms with van der Waals surface area (Å²) < 4.78 is 25.9. The van der Waals surface area contributed by atoms with Crippen LogP contribution in [0.4, 0.5) is 8.78 Å². The van der Waals surface area contributed by atoms with Crippen LogP contribution in [0.25, 0.3) is 0 Å². The van der Waals surface area contributed by atoms with Gasteiger partial charge in [-0.3, -0.25) is 0 Å². The molecule has 0 spiro atoms. The number of aliphatic hydroxyl groups excluding tert-OH is 1. The molecule has 0 bridgehead atoms. The van der Waals surface area contributed by atoms with Gasteiger partial charge in [-0.05, 0) is 55.2 Å². The fourth-order valence-electron chi connectivity index (χ4n) is 2.71. The van der Waals surface area contributed by atoms with Crippen LogP contribution in [0.1, 0.15) is 37.4 Å². The summed E-state index contributed by atoms with van der Waals surface area (Å²) in [5.41, 5.74) is 0.428. The summed E-state index contributed by atoms with van der Waals surface area (Å²) in [6.45, 7) is 0.405. The van der Waals surface area contributed by atoms with Gasteiger partial charge in [0.2, 0.25) is 0 Å². The second-order valence-corrected chi connectivity index (χ2v) is 5.80. The molecular formula is C15H19F2NO. The number of benzene rings is 1. The van der Waals surface area contributed by atoms with Gasteiger partial charge in [0.05, 0.1) is 6.10 Å². The van der Waals surface area contributed by atoms with E-state index < -0.39 is 17.7 Å². The Morgan fingerprint density at radius 1 is 1.11 bits per heavy atom. The molecule has 0 heterocycles. The topological polar surface area (TPSA) is 32.3 Å². The third-order valence-electron chi connectivity index (χ3n) is 4.14. The molecule has 1 unspecified atom stereocenters. The molecule has 2 nitrogen and oxygen atoms in total. The highest BCUT2D eigenvalue weighted by Gasteiger charge is 2.41. The minimum Gasteiger partial charge on any atom is -0.387 e. The third kappa shape index (κ3) is 3.12. The van der Waals surface area contributed by atoms with Crippen molar-refractivity contribution in [2.45, 2.75) is 37.8 Å². The van der Waals surface area contributed by atoms with Gasteiger partial charge < -0.3 is 10.4 Å². The average Bonchev–Trinajstić information content (AvgIpc) is 3.26. The summed E-state index contributed by atoms with van der Waals surface area (Å²) in [6, 6.07) is 4.08. The van der Waals surface area contributed by atoms with Crippen LogP contribution in [0.2, 0.25) is 0 Å². The number of hydrogen-bond donors (Lipinski definition) is 2. The number of halogens is 2. The van der Waals surface area contributed by atoms with Crippen molar-refractivity contribution in [3.05, 3.63) is 35.4 Å². The molecule has 104 valence electrons. The van der Waals surface area contributed by atoms with Crippen molar-refractivity contribution in [3.8, 4) is 0 Å². The molecule has 1 atom stereocenters. The van der Waals surface area contributed by atoms with Crippen molar-refractivity contribution in [1.29, 1.82) is 0 Å². The second-order valence-electron chi connectivity index (χ2n) is 5.80. The summed E-state index contributed by atoms with van der Waals surface area (Å²) >= 11 is 0. The largest absolute Gasteiger partial charge is 0.387 e. The van der Waals surface area contributed by atoms with E-state index in [-0.39, 0.29) is 0 Å². The van der Waals surface area contributed by atoms with Crippen LogP contribution in [-0.2, 0) is 0 Å². The first-order valence-electron chi connectivity index (χ1n) is 7.01. The first kappa shape index (κ1) is 13.0. The van der Waals surface area contributed by atoms with E-state index in [4.69, 9.17) is 0 Å². The maximum atomic E-state index is 13.1. The molecule has 1 aromatic carbocycles. The zero-order valence-corrected chi connectivity index (χ0v) is 10.8. The number of hydrogen-bond acceptors (Lipinski definition) is 2. The Bertz CT molecular complexity index is 445. The first-order chi connectivity index (χ1) is 9.15. The number of nitrogens with one attached hydrogen (secondary N) is 1. The highest BCUT2D eigenvalue weighted by atomic mass is 19.2. The van der Waals surface area contributed by atoms with Gasteiger partial charge >= 0.3 is 0 Å². The van der Waals surface area contributed by atoms with E-state index >= 15 is 0 Å². The average molecular weight is 267 g/mol. The van der Waals surface area contributed by atoms with Crippen molar-refractivity contribution in [2.75, 3.05) is 6.54 Å². The van der Waals surface area contributed by atoms with Crippen LogP contribution in [0.15, 0.2) is 18.2 Å². The van der Waals surface area contributed by atoms with Gasteiger partial charge in [0.25, 0.3) is 0 Å². The lowest BCUT2D eigenvalue weighted by molar-refractivity contribution is 0.165. The molecule has 1 aromatic rings. The van der Waals surface area contributed by atoms with E-state index in [1.807, 2.05) is 0 Å². The lowest BCUT2D eigenvalue weighted by Gasteiger charge is -2.20. The fraction of sp³-hybridized carbons (Fsp3) is 0.600. The van der Waals surface area contributed by atoms with E-state index in [2.05, 4.69) is 5.32 Å². The monoisotopic (exact) mass is 267 g/mol. The third-order valence-corrected chi connectivity index (χ3v) is 4.14. The van der Waals surface area contributed by atoms with Crippen LogP contribution in [0, 0.1) is 23.5 Å². The molecule has 19 heavy (non-hydrogen) atoms. The SMILES string of the molecule is OC(CNC(C1CC1)C1CC1)c1ccc(F)c(F)c1. The molecule has 0 saturated heterocycles. The Kier molecular flexibility index (Phi) is 3.54. The molecule has 0 radical (unpaired) electrons. The molecule has 2 aliphatic carbocycles. The second kappa shape index (κ2) is 5.17. The van der Waals surface area contributed by atoms with Gasteiger partial charge in [0, 0.05) is 12.6 Å². The van der Waals surface area contributed by atoms with E-state index in [1.165, 1.54) is 31.7 Å². The van der Waals surface area contributed by atoms with Crippen LogP contribution in [-0.4, -0.2) is 17.7 Å².